The number of carbonyl (C=O) groups excluding carboxylic acids is 1. The van der Waals surface area contributed by atoms with Gasteiger partial charge >= 0.3 is 5.69 Å². The van der Waals surface area contributed by atoms with Crippen LogP contribution in [0.3, 0.4) is 0 Å². The van der Waals surface area contributed by atoms with Gasteiger partial charge in [0.1, 0.15) is 11.6 Å². The van der Waals surface area contributed by atoms with Gasteiger partial charge in [-0.05, 0) is 24.8 Å². The number of hydrogen-bond donors (Lipinski definition) is 2. The van der Waals surface area contributed by atoms with Gasteiger partial charge in [-0.15, -0.1) is 10.2 Å². The van der Waals surface area contributed by atoms with Crippen molar-refractivity contribution in [3.8, 4) is 11.4 Å². The van der Waals surface area contributed by atoms with Gasteiger partial charge in [0, 0.05) is 20.1 Å². The van der Waals surface area contributed by atoms with Crippen LogP contribution in [-0.4, -0.2) is 42.5 Å². The van der Waals surface area contributed by atoms with E-state index in [0.717, 1.165) is 11.3 Å². The van der Waals surface area contributed by atoms with E-state index in [1.54, 1.807) is 10.8 Å². The fourth-order valence-electron chi connectivity index (χ4n) is 3.56. The van der Waals surface area contributed by atoms with Crippen LogP contribution in [0.4, 0.5) is 11.5 Å². The van der Waals surface area contributed by atoms with Gasteiger partial charge in [0.2, 0.25) is 5.91 Å². The summed E-state index contributed by atoms with van der Waals surface area (Å²) in [6, 6.07) is 1.81. The summed E-state index contributed by atoms with van der Waals surface area (Å²) in [5.74, 6) is 1.19. The first-order valence-corrected chi connectivity index (χ1v) is 12.0. The summed E-state index contributed by atoms with van der Waals surface area (Å²) in [5.41, 5.74) is 5.80. The van der Waals surface area contributed by atoms with Crippen LogP contribution in [0.5, 0.6) is 0 Å². The molecule has 0 saturated carbocycles. The van der Waals surface area contributed by atoms with E-state index in [1.807, 2.05) is 47.7 Å². The quantitative estimate of drug-likeness (QED) is 0.435. The predicted molar refractivity (Wildman–Crippen MR) is 132 cm³/mol. The first-order chi connectivity index (χ1) is 16.0. The van der Waals surface area contributed by atoms with Gasteiger partial charge in [-0.25, -0.2) is 4.79 Å². The minimum absolute atomic E-state index is 0.00521. The minimum atomic E-state index is -0.683. The van der Waals surface area contributed by atoms with Crippen LogP contribution < -0.4 is 21.9 Å². The van der Waals surface area contributed by atoms with Crippen LogP contribution in [0, 0.1) is 18.8 Å². The van der Waals surface area contributed by atoms with Crippen LogP contribution in [0.25, 0.3) is 11.4 Å². The summed E-state index contributed by atoms with van der Waals surface area (Å²) < 4.78 is 8.43. The molecule has 12 heteroatoms. The van der Waals surface area contributed by atoms with Crippen molar-refractivity contribution in [2.45, 2.75) is 46.3 Å². The van der Waals surface area contributed by atoms with Gasteiger partial charge in [0.05, 0.1) is 17.6 Å². The average Bonchev–Trinajstić information content (AvgIpc) is 3.32. The highest BCUT2D eigenvalue weighted by Gasteiger charge is 2.26. The van der Waals surface area contributed by atoms with Gasteiger partial charge < -0.3 is 19.6 Å². The number of H-pyrrole nitrogens is 1. The molecule has 0 fully saturated rings. The van der Waals surface area contributed by atoms with Crippen molar-refractivity contribution in [1.82, 2.24) is 24.3 Å². The van der Waals surface area contributed by atoms with E-state index in [2.05, 4.69) is 15.2 Å². The van der Waals surface area contributed by atoms with E-state index >= 15 is 0 Å². The van der Waals surface area contributed by atoms with Crippen molar-refractivity contribution in [2.24, 2.45) is 18.9 Å². The molecule has 3 rings (SSSR count). The molecule has 0 saturated heterocycles. The van der Waals surface area contributed by atoms with Gasteiger partial charge in [-0.3, -0.25) is 19.1 Å². The van der Waals surface area contributed by atoms with Crippen LogP contribution in [0.1, 0.15) is 33.5 Å². The number of nitrogens with one attached hydrogen (secondary N) is 1. The molecule has 0 radical (unpaired) electrons. The zero-order valence-electron chi connectivity index (χ0n) is 20.3. The Morgan fingerprint density at radius 1 is 1.24 bits per heavy atom. The Balaban J connectivity index is 1.90. The molecule has 0 bridgehead atoms. The average molecular weight is 490 g/mol. The van der Waals surface area contributed by atoms with Gasteiger partial charge in [0.25, 0.3) is 5.56 Å². The Morgan fingerprint density at radius 3 is 2.53 bits per heavy atom. The monoisotopic (exact) mass is 489 g/mol. The van der Waals surface area contributed by atoms with Crippen molar-refractivity contribution < 1.29 is 9.21 Å². The van der Waals surface area contributed by atoms with E-state index in [0.29, 0.717) is 17.5 Å². The maximum atomic E-state index is 13.3. The summed E-state index contributed by atoms with van der Waals surface area (Å²) in [6.07, 6.45) is 1.58. The molecule has 0 unspecified atom stereocenters. The number of hydrogen-bond acceptors (Lipinski definition) is 8. The molecule has 3 aromatic heterocycles. The zero-order valence-corrected chi connectivity index (χ0v) is 21.1. The fraction of sp³-hybridized carbons (Fsp3) is 0.500. The molecule has 3 N–H and O–H groups in total. The molecule has 0 aromatic carbocycles. The lowest BCUT2D eigenvalue weighted by molar-refractivity contribution is -0.116. The summed E-state index contributed by atoms with van der Waals surface area (Å²) >= 11 is 1.20. The second-order valence-electron chi connectivity index (χ2n) is 8.94. The molecule has 0 aliphatic rings. The highest BCUT2D eigenvalue weighted by Crippen LogP contribution is 2.27. The van der Waals surface area contributed by atoms with Crippen LogP contribution in [-0.2, 0) is 18.4 Å². The number of rotatable bonds is 9. The number of aryl methyl sites for hydroxylation is 1. The first-order valence-electron chi connectivity index (χ1n) is 11.0. The Kier molecular flexibility index (Phi) is 7.70. The molecule has 0 aliphatic heterocycles. The molecule has 3 aromatic rings. The van der Waals surface area contributed by atoms with E-state index < -0.39 is 11.2 Å². The van der Waals surface area contributed by atoms with E-state index in [-0.39, 0.29) is 41.5 Å². The number of thioether (sulfide) groups is 1. The number of nitrogens with two attached hydrogens (primary N) is 1. The molecule has 0 spiro atoms. The molecule has 11 nitrogen and oxygen atoms in total. The van der Waals surface area contributed by atoms with E-state index in [9.17, 15) is 14.4 Å². The SMILES string of the molecule is Cc1occc1-c1nnc(SCC(=O)N(CC(C)C)c2c(N)n(CC(C)C)c(=O)[nH]c2=O)n1C. The Bertz CT molecular complexity index is 1290. The van der Waals surface area contributed by atoms with Crippen LogP contribution in [0.15, 0.2) is 31.5 Å². The smallest absolute Gasteiger partial charge is 0.330 e. The highest BCUT2D eigenvalue weighted by atomic mass is 32.2. The molecule has 3 heterocycles. The molecular formula is C22H31N7O4S. The summed E-state index contributed by atoms with van der Waals surface area (Å²) in [5, 5.41) is 8.96. The number of nitrogens with zero attached hydrogens (tertiary/aromatic N) is 5. The third kappa shape index (κ3) is 5.27. The van der Waals surface area contributed by atoms with E-state index in [4.69, 9.17) is 10.2 Å². The van der Waals surface area contributed by atoms with Crippen molar-refractivity contribution in [3.05, 3.63) is 38.9 Å². The Morgan fingerprint density at radius 2 is 1.94 bits per heavy atom. The molecule has 0 aliphatic carbocycles. The number of anilines is 2. The highest BCUT2D eigenvalue weighted by molar-refractivity contribution is 7.99. The van der Waals surface area contributed by atoms with Crippen molar-refractivity contribution in [3.63, 3.8) is 0 Å². The third-order valence-corrected chi connectivity index (χ3v) is 6.14. The van der Waals surface area contributed by atoms with Crippen LogP contribution in [0.2, 0.25) is 0 Å². The minimum Gasteiger partial charge on any atom is -0.469 e. The maximum absolute atomic E-state index is 13.3. The molecule has 184 valence electrons. The molecular weight excluding hydrogens is 458 g/mol. The largest absolute Gasteiger partial charge is 0.469 e. The third-order valence-electron chi connectivity index (χ3n) is 5.14. The summed E-state index contributed by atoms with van der Waals surface area (Å²) in [6.45, 7) is 10.2. The first kappa shape index (κ1) is 25.3. The Hall–Kier alpha value is -3.28. The standard InChI is InChI=1S/C22H31N7O4S/c1-12(2)9-28(17-18(23)29(10-13(3)4)21(32)24-20(17)31)16(30)11-34-22-26-25-19(27(22)6)15-7-8-33-14(15)5/h7-8,12-13H,9-11,23H2,1-6H3,(H,24,31,32). The molecule has 0 atom stereocenters. The van der Waals surface area contributed by atoms with Gasteiger partial charge in [0.15, 0.2) is 16.7 Å². The van der Waals surface area contributed by atoms with Gasteiger partial charge in [-0.2, -0.15) is 0 Å². The number of aromatic amines is 1. The zero-order chi connectivity index (χ0) is 25.2. The number of nitrogen functional groups attached to an aromatic ring is 1. The van der Waals surface area contributed by atoms with Crippen molar-refractivity contribution in [2.75, 3.05) is 22.9 Å². The summed E-state index contributed by atoms with van der Waals surface area (Å²) in [7, 11) is 1.81. The normalized spacial score (nSPS) is 11.5. The van der Waals surface area contributed by atoms with E-state index in [1.165, 1.54) is 21.2 Å². The number of carbonyl (C=O) groups is 1. The fourth-order valence-corrected chi connectivity index (χ4v) is 4.35. The van der Waals surface area contributed by atoms with Crippen molar-refractivity contribution in [1.29, 1.82) is 0 Å². The number of furan rings is 1. The lowest BCUT2D eigenvalue weighted by Gasteiger charge is -2.26. The topological polar surface area (TPSA) is 145 Å². The lowest BCUT2D eigenvalue weighted by atomic mass is 10.2. The van der Waals surface area contributed by atoms with Gasteiger partial charge in [-0.1, -0.05) is 39.5 Å². The number of amides is 1. The second kappa shape index (κ2) is 10.3. The van der Waals surface area contributed by atoms with Crippen LogP contribution >= 0.6 is 11.8 Å². The molecule has 1 amide bonds. The maximum Gasteiger partial charge on any atom is 0.330 e. The Labute approximate surface area is 201 Å². The van der Waals surface area contributed by atoms with Crippen molar-refractivity contribution >= 4 is 29.2 Å². The predicted octanol–water partition coefficient (Wildman–Crippen LogP) is 2.25. The lowest BCUT2D eigenvalue weighted by Crippen LogP contribution is -2.43. The number of aromatic nitrogens is 5. The second-order valence-corrected chi connectivity index (χ2v) is 9.88. The summed E-state index contributed by atoms with van der Waals surface area (Å²) in [4.78, 5) is 42.0. The molecule has 34 heavy (non-hydrogen) atoms.